The maximum Gasteiger partial charge on any atom is 0.142 e. The van der Waals surface area contributed by atoms with E-state index in [2.05, 4.69) is 132 Å². The molecule has 0 aromatic heterocycles. The number of nitrogens with zero attached hydrogens (tertiary/aromatic N) is 1. The van der Waals surface area contributed by atoms with E-state index in [0.717, 1.165) is 65.5 Å². The van der Waals surface area contributed by atoms with Gasteiger partial charge in [0.1, 0.15) is 17.2 Å². The Labute approximate surface area is 304 Å². The summed E-state index contributed by atoms with van der Waals surface area (Å²) in [6, 6.07) is 52.3. The molecule has 1 spiro atoms. The number of morpholine rings is 1. The van der Waals surface area contributed by atoms with Crippen LogP contribution in [0.2, 0.25) is 0 Å². The molecule has 52 heavy (non-hydrogen) atoms. The predicted octanol–water partition coefficient (Wildman–Crippen LogP) is 11.0. The van der Waals surface area contributed by atoms with Crippen LogP contribution in [0.15, 0.2) is 146 Å². The number of fused-ring (bicyclic) bond motifs is 12. The van der Waals surface area contributed by atoms with Crippen LogP contribution in [0.5, 0.6) is 17.2 Å². The first-order chi connectivity index (χ1) is 25.8. The van der Waals surface area contributed by atoms with Crippen LogP contribution in [0.1, 0.15) is 33.4 Å². The van der Waals surface area contributed by atoms with E-state index in [1.807, 2.05) is 30.3 Å². The fraction of sp³-hybridized carbons (Fsp3) is 0.125. The molecule has 0 amide bonds. The van der Waals surface area contributed by atoms with Gasteiger partial charge in [-0.1, -0.05) is 115 Å². The van der Waals surface area contributed by atoms with Crippen molar-refractivity contribution in [2.24, 2.45) is 0 Å². The molecule has 0 atom stereocenters. The molecule has 0 N–H and O–H groups in total. The van der Waals surface area contributed by atoms with Crippen LogP contribution in [0, 0.1) is 0 Å². The highest BCUT2D eigenvalue weighted by atomic mass is 16.5. The van der Waals surface area contributed by atoms with E-state index < -0.39 is 5.41 Å². The lowest BCUT2D eigenvalue weighted by atomic mass is 9.69. The lowest BCUT2D eigenvalue weighted by Crippen LogP contribution is -2.36. The molecular weight excluding hydrogens is 639 g/mol. The molecule has 4 nitrogen and oxygen atoms in total. The zero-order valence-corrected chi connectivity index (χ0v) is 29.0. The van der Waals surface area contributed by atoms with Crippen molar-refractivity contribution in [1.29, 1.82) is 0 Å². The van der Waals surface area contributed by atoms with Gasteiger partial charge >= 0.3 is 0 Å². The zero-order valence-electron chi connectivity index (χ0n) is 29.0. The van der Waals surface area contributed by atoms with Crippen LogP contribution in [-0.2, 0) is 10.2 Å². The number of ether oxygens (including phenoxy) is 3. The van der Waals surface area contributed by atoms with Gasteiger partial charge in [-0.15, -0.1) is 0 Å². The van der Waals surface area contributed by atoms with Crippen LogP contribution < -0.4 is 14.4 Å². The summed E-state index contributed by atoms with van der Waals surface area (Å²) in [6.07, 6.45) is 4.53. The summed E-state index contributed by atoms with van der Waals surface area (Å²) in [5, 5.41) is 2.15. The second-order valence-electron chi connectivity index (χ2n) is 13.7. The Kier molecular flexibility index (Phi) is 7.26. The topological polar surface area (TPSA) is 30.9 Å². The molecule has 1 saturated heterocycles. The molecule has 1 fully saturated rings. The first-order valence-electron chi connectivity index (χ1n) is 18.1. The van der Waals surface area contributed by atoms with E-state index in [0.29, 0.717) is 0 Å². The number of hydrogen-bond donors (Lipinski definition) is 0. The number of para-hydroxylation sites is 1. The fourth-order valence-corrected chi connectivity index (χ4v) is 8.88. The Hall–Kier alpha value is -6.10. The average molecular weight is 676 g/mol. The van der Waals surface area contributed by atoms with Crippen molar-refractivity contribution in [3.05, 3.63) is 179 Å². The highest BCUT2D eigenvalue weighted by Crippen LogP contribution is 2.66. The first-order valence-corrected chi connectivity index (χ1v) is 18.1. The first kappa shape index (κ1) is 30.7. The van der Waals surface area contributed by atoms with Gasteiger partial charge in [0.25, 0.3) is 0 Å². The Morgan fingerprint density at radius 3 is 1.88 bits per heavy atom. The summed E-state index contributed by atoms with van der Waals surface area (Å²) in [4.78, 5) is 2.39. The molecular formula is C48H37NO3. The van der Waals surface area contributed by atoms with E-state index in [4.69, 9.17) is 14.2 Å². The molecule has 0 unspecified atom stereocenters. The minimum absolute atomic E-state index is 0.554. The van der Waals surface area contributed by atoms with Gasteiger partial charge in [0.05, 0.1) is 25.7 Å². The molecule has 2 aliphatic carbocycles. The summed E-state index contributed by atoms with van der Waals surface area (Å²) in [7, 11) is 1.73. The van der Waals surface area contributed by atoms with Gasteiger partial charge in [0, 0.05) is 29.7 Å². The van der Waals surface area contributed by atoms with Gasteiger partial charge in [-0.3, -0.25) is 0 Å². The summed E-state index contributed by atoms with van der Waals surface area (Å²) >= 11 is 0. The van der Waals surface area contributed by atoms with Crippen molar-refractivity contribution in [3.63, 3.8) is 0 Å². The minimum Gasteiger partial charge on any atom is -0.497 e. The third-order valence-electron chi connectivity index (χ3n) is 11.1. The maximum atomic E-state index is 7.09. The van der Waals surface area contributed by atoms with Crippen LogP contribution in [0.25, 0.3) is 45.2 Å². The van der Waals surface area contributed by atoms with Gasteiger partial charge in [-0.2, -0.15) is 0 Å². The fourth-order valence-electron chi connectivity index (χ4n) is 8.88. The van der Waals surface area contributed by atoms with Gasteiger partial charge in [0.15, 0.2) is 0 Å². The Morgan fingerprint density at radius 2 is 1.21 bits per heavy atom. The highest BCUT2D eigenvalue weighted by Gasteiger charge is 2.53. The molecule has 7 aromatic carbocycles. The molecule has 0 bridgehead atoms. The van der Waals surface area contributed by atoms with Gasteiger partial charge in [-0.05, 0) is 97.9 Å². The van der Waals surface area contributed by atoms with E-state index >= 15 is 0 Å². The number of anilines is 1. The maximum absolute atomic E-state index is 7.09. The standard InChI is InChI=1S/C48H37NO3/c1-50-35-24-26-38-41(31-35)47(52-34-11-3-2-4-12-34)40(25-21-32-19-22-33(23-20-32)49-27-29-51-30-28-49)46-45(38)39-15-7-10-18-44(39)48(46)42-16-8-5-13-36(42)37-14-6-9-17-43(37)48/h2-26,31H,27-30H2,1H3/b25-21-. The van der Waals surface area contributed by atoms with Crippen LogP contribution in [0.3, 0.4) is 0 Å². The predicted molar refractivity (Wildman–Crippen MR) is 212 cm³/mol. The molecule has 1 aliphatic heterocycles. The Morgan fingerprint density at radius 1 is 0.596 bits per heavy atom. The number of hydrogen-bond acceptors (Lipinski definition) is 4. The molecule has 252 valence electrons. The molecule has 10 rings (SSSR count). The van der Waals surface area contributed by atoms with Crippen molar-refractivity contribution < 1.29 is 14.2 Å². The normalized spacial score (nSPS) is 15.1. The lowest BCUT2D eigenvalue weighted by molar-refractivity contribution is 0.122. The summed E-state index contributed by atoms with van der Waals surface area (Å²) in [6.45, 7) is 3.35. The summed E-state index contributed by atoms with van der Waals surface area (Å²) < 4.78 is 18.5. The number of rotatable bonds is 6. The quantitative estimate of drug-likeness (QED) is 0.164. The highest BCUT2D eigenvalue weighted by molar-refractivity contribution is 6.11. The molecule has 7 aromatic rings. The number of benzene rings is 7. The lowest BCUT2D eigenvalue weighted by Gasteiger charge is -2.32. The SMILES string of the molecule is COc1ccc2c3c(c(/C=C\c4ccc(N5CCOCC5)cc4)c(Oc4ccccc4)c2c1)C1(c2ccccc2-c2ccccc21)c1ccccc1-3. The molecule has 1 heterocycles. The second-order valence-corrected chi connectivity index (χ2v) is 13.7. The van der Waals surface area contributed by atoms with Crippen molar-refractivity contribution >= 4 is 28.6 Å². The second kappa shape index (κ2) is 12.3. The zero-order chi connectivity index (χ0) is 34.6. The van der Waals surface area contributed by atoms with E-state index in [1.165, 1.54) is 50.2 Å². The molecule has 3 aliphatic rings. The average Bonchev–Trinajstić information content (AvgIpc) is 3.69. The summed E-state index contributed by atoms with van der Waals surface area (Å²) in [5.74, 6) is 2.39. The van der Waals surface area contributed by atoms with E-state index in [9.17, 15) is 0 Å². The van der Waals surface area contributed by atoms with E-state index in [-0.39, 0.29) is 0 Å². The van der Waals surface area contributed by atoms with Crippen LogP contribution >= 0.6 is 0 Å². The number of methoxy groups -OCH3 is 1. The van der Waals surface area contributed by atoms with Crippen LogP contribution in [-0.4, -0.2) is 33.4 Å². The third kappa shape index (κ3) is 4.57. The van der Waals surface area contributed by atoms with Crippen molar-refractivity contribution in [2.75, 3.05) is 38.3 Å². The van der Waals surface area contributed by atoms with Crippen molar-refractivity contribution in [1.82, 2.24) is 0 Å². The Bertz CT molecular complexity index is 2470. The van der Waals surface area contributed by atoms with Gasteiger partial charge in [-0.25, -0.2) is 0 Å². The largest absolute Gasteiger partial charge is 0.497 e. The van der Waals surface area contributed by atoms with Crippen molar-refractivity contribution in [2.45, 2.75) is 5.41 Å². The van der Waals surface area contributed by atoms with E-state index in [1.54, 1.807) is 7.11 Å². The molecule has 0 saturated carbocycles. The Balaban J connectivity index is 1.30. The van der Waals surface area contributed by atoms with Crippen molar-refractivity contribution in [3.8, 4) is 39.5 Å². The monoisotopic (exact) mass is 675 g/mol. The minimum atomic E-state index is -0.554. The molecule has 4 heteroatoms. The van der Waals surface area contributed by atoms with Gasteiger partial charge < -0.3 is 19.1 Å². The van der Waals surface area contributed by atoms with Crippen LogP contribution in [0.4, 0.5) is 5.69 Å². The van der Waals surface area contributed by atoms with Gasteiger partial charge in [0.2, 0.25) is 0 Å². The third-order valence-corrected chi connectivity index (χ3v) is 11.1. The molecule has 0 radical (unpaired) electrons. The summed E-state index contributed by atoms with van der Waals surface area (Å²) in [5.41, 5.74) is 13.0. The smallest absolute Gasteiger partial charge is 0.142 e.